The zero-order valence-electron chi connectivity index (χ0n) is 12.0. The molecule has 1 aromatic heterocycles. The first kappa shape index (κ1) is 15.7. The van der Waals surface area contributed by atoms with Gasteiger partial charge in [-0.15, -0.1) is 0 Å². The lowest BCUT2D eigenvalue weighted by Gasteiger charge is -2.32. The van der Waals surface area contributed by atoms with Crippen LogP contribution >= 0.6 is 11.6 Å². The summed E-state index contributed by atoms with van der Waals surface area (Å²) in [5, 5.41) is 5.02. The number of aromatic nitrogens is 2. The van der Waals surface area contributed by atoms with E-state index in [0.29, 0.717) is 24.3 Å². The lowest BCUT2D eigenvalue weighted by atomic mass is 9.81. The average Bonchev–Trinajstić information content (AvgIpc) is 2.66. The number of alkyl halides is 2. The van der Waals surface area contributed by atoms with Crippen molar-refractivity contribution in [1.82, 2.24) is 9.78 Å². The largest absolute Gasteiger partial charge is 0.327 e. The molecule has 0 bridgehead atoms. The van der Waals surface area contributed by atoms with Crippen molar-refractivity contribution in [2.45, 2.75) is 64.5 Å². The van der Waals surface area contributed by atoms with Gasteiger partial charge >= 0.3 is 0 Å². The standard InChI is InChI=1S/C14H22ClF2N3/c1-3-20-12(13(15)9(2)19-20)8-11(18)10-4-6-14(16,17)7-5-10/h10-11H,3-8,18H2,1-2H3. The topological polar surface area (TPSA) is 43.8 Å². The predicted molar refractivity (Wildman–Crippen MR) is 76.2 cm³/mol. The molecule has 1 aliphatic carbocycles. The molecule has 0 saturated heterocycles. The zero-order valence-corrected chi connectivity index (χ0v) is 12.8. The summed E-state index contributed by atoms with van der Waals surface area (Å²) in [6, 6.07) is -0.134. The maximum atomic E-state index is 13.2. The third-order valence-corrected chi connectivity index (χ3v) is 4.74. The van der Waals surface area contributed by atoms with Crippen molar-refractivity contribution < 1.29 is 8.78 Å². The van der Waals surface area contributed by atoms with Gasteiger partial charge in [0.05, 0.1) is 16.4 Å². The predicted octanol–water partition coefficient (Wildman–Crippen LogP) is 3.56. The molecule has 1 heterocycles. The van der Waals surface area contributed by atoms with Gasteiger partial charge in [0, 0.05) is 31.8 Å². The first-order chi connectivity index (χ1) is 9.34. The Morgan fingerprint density at radius 2 is 2.05 bits per heavy atom. The summed E-state index contributed by atoms with van der Waals surface area (Å²) < 4.78 is 28.2. The normalized spacial score (nSPS) is 21.1. The van der Waals surface area contributed by atoms with Crippen LogP contribution < -0.4 is 5.73 Å². The lowest BCUT2D eigenvalue weighted by molar-refractivity contribution is -0.0482. The minimum Gasteiger partial charge on any atom is -0.327 e. The Bertz CT molecular complexity index is 463. The summed E-state index contributed by atoms with van der Waals surface area (Å²) in [7, 11) is 0. The zero-order chi connectivity index (χ0) is 14.9. The van der Waals surface area contributed by atoms with Gasteiger partial charge in [-0.25, -0.2) is 8.78 Å². The van der Waals surface area contributed by atoms with E-state index in [-0.39, 0.29) is 24.8 Å². The molecule has 114 valence electrons. The second-order valence-electron chi connectivity index (χ2n) is 5.72. The summed E-state index contributed by atoms with van der Waals surface area (Å²) in [5.41, 5.74) is 7.95. The van der Waals surface area contributed by atoms with Gasteiger partial charge in [-0.2, -0.15) is 5.10 Å². The Morgan fingerprint density at radius 1 is 1.45 bits per heavy atom. The maximum Gasteiger partial charge on any atom is 0.248 e. The van der Waals surface area contributed by atoms with E-state index in [2.05, 4.69) is 5.10 Å². The van der Waals surface area contributed by atoms with E-state index in [0.717, 1.165) is 17.9 Å². The van der Waals surface area contributed by atoms with Crippen LogP contribution in [0.5, 0.6) is 0 Å². The molecule has 0 aliphatic heterocycles. The van der Waals surface area contributed by atoms with Gasteiger partial charge in [0.2, 0.25) is 5.92 Å². The van der Waals surface area contributed by atoms with Crippen LogP contribution in [0.15, 0.2) is 0 Å². The van der Waals surface area contributed by atoms with Crippen LogP contribution in [0.2, 0.25) is 5.02 Å². The van der Waals surface area contributed by atoms with Gasteiger partial charge in [-0.3, -0.25) is 4.68 Å². The van der Waals surface area contributed by atoms with Gasteiger partial charge in [-0.1, -0.05) is 11.6 Å². The molecule has 1 aliphatic rings. The van der Waals surface area contributed by atoms with Crippen LogP contribution in [-0.2, 0) is 13.0 Å². The molecular formula is C14H22ClF2N3. The molecule has 0 spiro atoms. The lowest BCUT2D eigenvalue weighted by Crippen LogP contribution is -2.38. The minimum atomic E-state index is -2.50. The molecule has 1 unspecified atom stereocenters. The highest BCUT2D eigenvalue weighted by Crippen LogP contribution is 2.38. The number of nitrogens with two attached hydrogens (primary N) is 1. The van der Waals surface area contributed by atoms with Crippen LogP contribution in [0.25, 0.3) is 0 Å². The fourth-order valence-corrected chi connectivity index (χ4v) is 3.16. The molecule has 3 nitrogen and oxygen atoms in total. The summed E-state index contributed by atoms with van der Waals surface area (Å²) >= 11 is 6.26. The Hall–Kier alpha value is -0.680. The second kappa shape index (κ2) is 5.98. The van der Waals surface area contributed by atoms with Crippen molar-refractivity contribution in [3.8, 4) is 0 Å². The van der Waals surface area contributed by atoms with Gasteiger partial charge in [0.1, 0.15) is 0 Å². The van der Waals surface area contributed by atoms with Crippen molar-refractivity contribution >= 4 is 11.6 Å². The molecule has 1 aromatic rings. The van der Waals surface area contributed by atoms with Gasteiger partial charge < -0.3 is 5.73 Å². The smallest absolute Gasteiger partial charge is 0.248 e. The molecule has 0 aromatic carbocycles. The number of rotatable bonds is 4. The quantitative estimate of drug-likeness (QED) is 0.924. The van der Waals surface area contributed by atoms with E-state index < -0.39 is 5.92 Å². The molecule has 2 N–H and O–H groups in total. The van der Waals surface area contributed by atoms with E-state index in [1.165, 1.54) is 0 Å². The number of aryl methyl sites for hydroxylation is 2. The highest BCUT2D eigenvalue weighted by atomic mass is 35.5. The van der Waals surface area contributed by atoms with Gasteiger partial charge in [0.15, 0.2) is 0 Å². The SMILES string of the molecule is CCn1nc(C)c(Cl)c1CC(N)C1CCC(F)(F)CC1. The monoisotopic (exact) mass is 305 g/mol. The molecular weight excluding hydrogens is 284 g/mol. The number of hydrogen-bond acceptors (Lipinski definition) is 2. The average molecular weight is 306 g/mol. The summed E-state index contributed by atoms with van der Waals surface area (Å²) in [6.45, 7) is 4.60. The fraction of sp³-hybridized carbons (Fsp3) is 0.786. The van der Waals surface area contributed by atoms with Crippen LogP contribution in [0.4, 0.5) is 8.78 Å². The molecule has 1 fully saturated rings. The summed E-state index contributed by atoms with van der Waals surface area (Å²) in [5.74, 6) is -2.36. The first-order valence-corrected chi connectivity index (χ1v) is 7.57. The Kier molecular flexibility index (Phi) is 4.69. The van der Waals surface area contributed by atoms with E-state index in [4.69, 9.17) is 17.3 Å². The van der Waals surface area contributed by atoms with Crippen LogP contribution in [0, 0.1) is 12.8 Å². The Balaban J connectivity index is 2.03. The highest BCUT2D eigenvalue weighted by Gasteiger charge is 2.37. The van der Waals surface area contributed by atoms with Crippen molar-refractivity contribution in [2.24, 2.45) is 11.7 Å². The van der Waals surface area contributed by atoms with Crippen LogP contribution in [-0.4, -0.2) is 21.7 Å². The second-order valence-corrected chi connectivity index (χ2v) is 6.10. The number of halogens is 3. The maximum absolute atomic E-state index is 13.2. The molecule has 6 heteroatoms. The van der Waals surface area contributed by atoms with Crippen LogP contribution in [0.3, 0.4) is 0 Å². The van der Waals surface area contributed by atoms with Crippen molar-refractivity contribution in [3.63, 3.8) is 0 Å². The number of nitrogens with zero attached hydrogens (tertiary/aromatic N) is 2. The molecule has 20 heavy (non-hydrogen) atoms. The number of hydrogen-bond donors (Lipinski definition) is 1. The molecule has 1 atom stereocenters. The molecule has 1 saturated carbocycles. The van der Waals surface area contributed by atoms with Crippen molar-refractivity contribution in [3.05, 3.63) is 16.4 Å². The Labute approximate surface area is 123 Å². The van der Waals surface area contributed by atoms with E-state index in [9.17, 15) is 8.78 Å². The molecule has 0 radical (unpaired) electrons. The molecule has 2 rings (SSSR count). The van der Waals surface area contributed by atoms with Crippen LogP contribution in [0.1, 0.15) is 44.0 Å². The highest BCUT2D eigenvalue weighted by molar-refractivity contribution is 6.31. The van der Waals surface area contributed by atoms with E-state index >= 15 is 0 Å². The van der Waals surface area contributed by atoms with Crippen molar-refractivity contribution in [1.29, 1.82) is 0 Å². The minimum absolute atomic E-state index is 0.0504. The van der Waals surface area contributed by atoms with Gasteiger partial charge in [0.25, 0.3) is 0 Å². The third-order valence-electron chi connectivity index (χ3n) is 4.25. The summed E-state index contributed by atoms with van der Waals surface area (Å²) in [4.78, 5) is 0. The molecule has 0 amide bonds. The summed E-state index contributed by atoms with van der Waals surface area (Å²) in [6.07, 6.45) is 1.48. The first-order valence-electron chi connectivity index (χ1n) is 7.19. The third kappa shape index (κ3) is 3.31. The van der Waals surface area contributed by atoms with Gasteiger partial charge in [-0.05, 0) is 32.6 Å². The van der Waals surface area contributed by atoms with Crippen molar-refractivity contribution in [2.75, 3.05) is 0 Å². The van der Waals surface area contributed by atoms with E-state index in [1.54, 1.807) is 0 Å². The fourth-order valence-electron chi connectivity index (χ4n) is 2.94. The Morgan fingerprint density at radius 3 is 2.60 bits per heavy atom. The van der Waals surface area contributed by atoms with E-state index in [1.807, 2.05) is 18.5 Å².